The maximum absolute atomic E-state index is 11.4. The van der Waals surface area contributed by atoms with Gasteiger partial charge in [-0.15, -0.1) is 0 Å². The normalized spacial score (nSPS) is 11.4. The van der Waals surface area contributed by atoms with Gasteiger partial charge in [-0.05, 0) is 6.42 Å². The lowest BCUT2D eigenvalue weighted by Gasteiger charge is -2.09. The highest BCUT2D eigenvalue weighted by Crippen LogP contribution is 1.98. The average Bonchev–Trinajstić information content (AvgIpc) is 3.12. The molecule has 0 atom stereocenters. The molecule has 1 amide bonds. The number of carbonyl (C=O) groups excluding carboxylic acids is 1. The molecule has 0 fully saturated rings. The zero-order valence-corrected chi connectivity index (χ0v) is 31.0. The van der Waals surface area contributed by atoms with Crippen LogP contribution in [0.25, 0.3) is 0 Å². The maximum atomic E-state index is 11.4. The quantitative estimate of drug-likeness (QED) is 0.0840. The molecule has 0 aromatic heterocycles. The minimum absolute atomic E-state index is 0.300. The molecule has 51 heavy (non-hydrogen) atoms. The van der Waals surface area contributed by atoms with Crippen molar-refractivity contribution >= 4 is 11.9 Å². The zero-order valence-electron chi connectivity index (χ0n) is 31.0. The maximum Gasteiger partial charge on any atom is 0.329 e. The largest absolute Gasteiger partial charge is 0.480 e. The number of ether oxygens (including phenoxy) is 13. The Balaban J connectivity index is 3.08. The molecule has 0 rings (SSSR count). The Morgan fingerprint density at radius 3 is 0.961 bits per heavy atom. The SMILES string of the molecule is CCCCCCOCCOCCOCCOCCOCCOCCOCCOCCOCCOCCOCCOCCNC(=O)COCC(=O)O. The Morgan fingerprint density at radius 1 is 0.373 bits per heavy atom. The van der Waals surface area contributed by atoms with Crippen molar-refractivity contribution in [2.24, 2.45) is 0 Å². The number of hydrogen-bond donors (Lipinski definition) is 2. The summed E-state index contributed by atoms with van der Waals surface area (Å²) < 4.78 is 70.2. The molecule has 0 spiro atoms. The highest BCUT2D eigenvalue weighted by Gasteiger charge is 2.03. The smallest absolute Gasteiger partial charge is 0.329 e. The van der Waals surface area contributed by atoms with Gasteiger partial charge in [-0.3, -0.25) is 4.79 Å². The van der Waals surface area contributed by atoms with Crippen LogP contribution < -0.4 is 5.32 Å². The molecular formula is C34H67NO16. The summed E-state index contributed by atoms with van der Waals surface area (Å²) in [5.41, 5.74) is 0. The van der Waals surface area contributed by atoms with Gasteiger partial charge in [0.05, 0.1) is 152 Å². The predicted molar refractivity (Wildman–Crippen MR) is 185 cm³/mol. The van der Waals surface area contributed by atoms with Crippen LogP contribution in [-0.4, -0.2) is 195 Å². The second kappa shape index (κ2) is 44.6. The number of rotatable bonds is 45. The number of aliphatic carboxylic acids is 1. The van der Waals surface area contributed by atoms with Crippen LogP contribution in [0.3, 0.4) is 0 Å². The van der Waals surface area contributed by atoms with Gasteiger partial charge in [-0.25, -0.2) is 4.79 Å². The molecule has 17 heteroatoms. The number of carboxylic acid groups (broad SMARTS) is 1. The first-order chi connectivity index (χ1) is 25.2. The first-order valence-corrected chi connectivity index (χ1v) is 18.2. The molecule has 17 nitrogen and oxygen atoms in total. The molecule has 2 N–H and O–H groups in total. The Labute approximate surface area is 304 Å². The number of hydrogen-bond acceptors (Lipinski definition) is 15. The van der Waals surface area contributed by atoms with E-state index in [1.54, 1.807) is 0 Å². The van der Waals surface area contributed by atoms with Gasteiger partial charge in [-0.1, -0.05) is 26.2 Å². The fourth-order valence-electron chi connectivity index (χ4n) is 3.70. The fraction of sp³-hybridized carbons (Fsp3) is 0.941. The standard InChI is InChI=1S/C34H67NO16/c1-2-3-4-5-7-39-9-11-41-13-15-43-17-19-45-21-23-47-25-27-49-29-30-50-28-26-48-24-22-46-20-18-44-16-14-42-12-10-40-8-6-35-33(36)31-51-32-34(37)38/h2-32H2,1H3,(H,35,36)(H,37,38). The Hall–Kier alpha value is -1.58. The molecule has 0 radical (unpaired) electrons. The first kappa shape index (κ1) is 49.4. The van der Waals surface area contributed by atoms with Gasteiger partial charge in [0.15, 0.2) is 0 Å². The monoisotopic (exact) mass is 745 g/mol. The van der Waals surface area contributed by atoms with Crippen LogP contribution >= 0.6 is 0 Å². The van der Waals surface area contributed by atoms with Crippen LogP contribution in [0.4, 0.5) is 0 Å². The molecule has 0 saturated heterocycles. The summed E-state index contributed by atoms with van der Waals surface area (Å²) in [5.74, 6) is -1.52. The number of nitrogens with one attached hydrogen (secondary N) is 1. The van der Waals surface area contributed by atoms with Crippen molar-refractivity contribution in [1.29, 1.82) is 0 Å². The second-order valence-electron chi connectivity index (χ2n) is 10.6. The van der Waals surface area contributed by atoms with Gasteiger partial charge < -0.3 is 72.0 Å². The van der Waals surface area contributed by atoms with E-state index in [0.29, 0.717) is 159 Å². The van der Waals surface area contributed by atoms with Gasteiger partial charge in [0.25, 0.3) is 0 Å². The van der Waals surface area contributed by atoms with E-state index in [1.165, 1.54) is 19.3 Å². The van der Waals surface area contributed by atoms with Gasteiger partial charge in [-0.2, -0.15) is 0 Å². The Morgan fingerprint density at radius 2 is 0.667 bits per heavy atom. The van der Waals surface area contributed by atoms with Crippen molar-refractivity contribution in [2.75, 3.05) is 178 Å². The van der Waals surface area contributed by atoms with E-state index in [0.717, 1.165) is 13.0 Å². The minimum Gasteiger partial charge on any atom is -0.480 e. The second-order valence-corrected chi connectivity index (χ2v) is 10.6. The van der Waals surface area contributed by atoms with E-state index >= 15 is 0 Å². The van der Waals surface area contributed by atoms with Crippen LogP contribution in [-0.2, 0) is 71.2 Å². The lowest BCUT2D eigenvalue weighted by atomic mass is 10.2. The highest BCUT2D eigenvalue weighted by molar-refractivity contribution is 5.77. The van der Waals surface area contributed by atoms with Gasteiger partial charge in [0, 0.05) is 13.2 Å². The van der Waals surface area contributed by atoms with E-state index in [9.17, 15) is 9.59 Å². The van der Waals surface area contributed by atoms with E-state index in [1.807, 2.05) is 0 Å². The van der Waals surface area contributed by atoms with Crippen LogP contribution in [0, 0.1) is 0 Å². The molecule has 0 bridgehead atoms. The van der Waals surface area contributed by atoms with Crippen molar-refractivity contribution in [1.82, 2.24) is 5.32 Å². The lowest BCUT2D eigenvalue weighted by Crippen LogP contribution is -2.31. The van der Waals surface area contributed by atoms with Crippen LogP contribution in [0.1, 0.15) is 32.6 Å². The van der Waals surface area contributed by atoms with E-state index in [-0.39, 0.29) is 6.61 Å². The third-order valence-electron chi connectivity index (χ3n) is 6.26. The third kappa shape index (κ3) is 46.4. The van der Waals surface area contributed by atoms with E-state index in [4.69, 9.17) is 61.9 Å². The van der Waals surface area contributed by atoms with Crippen LogP contribution in [0.5, 0.6) is 0 Å². The molecule has 0 aromatic carbocycles. The zero-order chi connectivity index (χ0) is 37.0. The molecule has 0 unspecified atom stereocenters. The van der Waals surface area contributed by atoms with Gasteiger partial charge in [0.1, 0.15) is 13.2 Å². The van der Waals surface area contributed by atoms with Crippen molar-refractivity contribution in [3.8, 4) is 0 Å². The van der Waals surface area contributed by atoms with Crippen LogP contribution in [0.15, 0.2) is 0 Å². The number of carboxylic acids is 1. The fourth-order valence-corrected chi connectivity index (χ4v) is 3.70. The lowest BCUT2D eigenvalue weighted by molar-refractivity contribution is -0.143. The molecule has 0 heterocycles. The molecule has 0 aliphatic heterocycles. The highest BCUT2D eigenvalue weighted by atomic mass is 16.6. The molecule has 0 saturated carbocycles. The first-order valence-electron chi connectivity index (χ1n) is 18.2. The summed E-state index contributed by atoms with van der Waals surface area (Å²) in [6.45, 7) is 13.7. The van der Waals surface area contributed by atoms with E-state index < -0.39 is 18.5 Å². The molecule has 0 aliphatic rings. The summed E-state index contributed by atoms with van der Waals surface area (Å²) in [7, 11) is 0. The van der Waals surface area contributed by atoms with E-state index in [2.05, 4.69) is 17.0 Å². The summed E-state index contributed by atoms with van der Waals surface area (Å²) in [6, 6.07) is 0. The number of amides is 1. The molecular weight excluding hydrogens is 678 g/mol. The molecule has 304 valence electrons. The summed E-state index contributed by atoms with van der Waals surface area (Å²) in [6.07, 6.45) is 4.87. The number of carbonyl (C=O) groups is 2. The average molecular weight is 746 g/mol. The summed E-state index contributed by atoms with van der Waals surface area (Å²) in [4.78, 5) is 21.7. The third-order valence-corrected chi connectivity index (χ3v) is 6.26. The van der Waals surface area contributed by atoms with Crippen molar-refractivity contribution in [3.05, 3.63) is 0 Å². The van der Waals surface area contributed by atoms with Crippen molar-refractivity contribution in [3.63, 3.8) is 0 Å². The van der Waals surface area contributed by atoms with Gasteiger partial charge >= 0.3 is 5.97 Å². The Kier molecular flexibility index (Phi) is 43.2. The van der Waals surface area contributed by atoms with Crippen LogP contribution in [0.2, 0.25) is 0 Å². The van der Waals surface area contributed by atoms with Crippen molar-refractivity contribution in [2.45, 2.75) is 32.6 Å². The molecule has 0 aromatic rings. The molecule has 0 aliphatic carbocycles. The topological polar surface area (TPSA) is 186 Å². The van der Waals surface area contributed by atoms with Crippen molar-refractivity contribution < 1.29 is 76.3 Å². The predicted octanol–water partition coefficient (Wildman–Crippen LogP) is 0.983. The summed E-state index contributed by atoms with van der Waals surface area (Å²) in [5, 5.41) is 11.0. The van der Waals surface area contributed by atoms with Gasteiger partial charge in [0.2, 0.25) is 5.91 Å². The minimum atomic E-state index is -1.12. The summed E-state index contributed by atoms with van der Waals surface area (Å²) >= 11 is 0. The Bertz CT molecular complexity index is 709. The number of unbranched alkanes of at least 4 members (excludes halogenated alkanes) is 3.